The predicted molar refractivity (Wildman–Crippen MR) is 149 cm³/mol. The second-order valence-corrected chi connectivity index (χ2v) is 10.8. The zero-order chi connectivity index (χ0) is 25.5. The maximum absolute atomic E-state index is 14.1. The number of fused-ring (bicyclic) bond motifs is 2. The van der Waals surface area contributed by atoms with Gasteiger partial charge in [0.05, 0.1) is 11.2 Å². The zero-order valence-electron chi connectivity index (χ0n) is 22.2. The third-order valence-electron chi connectivity index (χ3n) is 8.29. The first-order chi connectivity index (χ1) is 18.0. The fraction of sp³-hybridized carbons (Fsp3) is 0.387. The molecule has 5 nitrogen and oxygen atoms in total. The Morgan fingerprint density at radius 1 is 0.865 bits per heavy atom. The number of aromatic nitrogens is 2. The van der Waals surface area contributed by atoms with E-state index in [2.05, 4.69) is 70.5 Å². The summed E-state index contributed by atoms with van der Waals surface area (Å²) in [5.41, 5.74) is 8.59. The van der Waals surface area contributed by atoms with Crippen LogP contribution in [0, 0.1) is 19.7 Å². The summed E-state index contributed by atoms with van der Waals surface area (Å²) in [5, 5.41) is 1.27. The van der Waals surface area contributed by atoms with Gasteiger partial charge >= 0.3 is 0 Å². The van der Waals surface area contributed by atoms with Crippen LogP contribution in [0.15, 0.2) is 54.6 Å². The molecular formula is C31H36FN5. The van der Waals surface area contributed by atoms with Crippen LogP contribution in [0.5, 0.6) is 0 Å². The molecule has 37 heavy (non-hydrogen) atoms. The smallest absolute Gasteiger partial charge is 0.153 e. The van der Waals surface area contributed by atoms with E-state index in [1.165, 1.54) is 39.4 Å². The number of piperazine rings is 1. The van der Waals surface area contributed by atoms with Gasteiger partial charge in [-0.3, -0.25) is 4.90 Å². The minimum absolute atomic E-state index is 0.191. The lowest BCUT2D eigenvalue weighted by molar-refractivity contribution is 0.147. The average Bonchev–Trinajstić information content (AvgIpc) is 3.14. The van der Waals surface area contributed by atoms with Crippen molar-refractivity contribution in [3.8, 4) is 0 Å². The van der Waals surface area contributed by atoms with Crippen molar-refractivity contribution in [1.29, 1.82) is 0 Å². The number of hydrogen-bond donors (Lipinski definition) is 0. The zero-order valence-corrected chi connectivity index (χ0v) is 22.2. The Bertz CT molecular complexity index is 1430. The Morgan fingerprint density at radius 3 is 2.43 bits per heavy atom. The van der Waals surface area contributed by atoms with Crippen LogP contribution in [-0.2, 0) is 26.1 Å². The Labute approximate surface area is 219 Å². The van der Waals surface area contributed by atoms with Crippen molar-refractivity contribution < 1.29 is 4.39 Å². The minimum atomic E-state index is -0.191. The Kier molecular flexibility index (Phi) is 6.47. The van der Waals surface area contributed by atoms with Gasteiger partial charge in [-0.1, -0.05) is 36.4 Å². The number of rotatable bonds is 5. The Balaban J connectivity index is 1.45. The number of likely N-dealkylation sites (N-methyl/N-ethyl adjacent to an activating group) is 1. The van der Waals surface area contributed by atoms with Gasteiger partial charge in [0.25, 0.3) is 0 Å². The van der Waals surface area contributed by atoms with E-state index in [-0.39, 0.29) is 5.82 Å². The summed E-state index contributed by atoms with van der Waals surface area (Å²) in [7, 11) is 2.20. The molecular weight excluding hydrogens is 461 g/mol. The van der Waals surface area contributed by atoms with Gasteiger partial charge in [-0.05, 0) is 67.8 Å². The molecule has 6 rings (SSSR count). The standard InChI is InChI=1S/C31H36FN5/c1-22-23(2)37(19-24-7-6-10-27(32)17-24)30-29(22)18-28(21-35-15-13-34(3)14-16-35)33-31(30)36-12-11-25-8-4-5-9-26(25)20-36/h4-10,17-18H,11-16,19-21H2,1-3H3. The molecule has 0 N–H and O–H groups in total. The van der Waals surface area contributed by atoms with E-state index in [1.54, 1.807) is 12.1 Å². The lowest BCUT2D eigenvalue weighted by Gasteiger charge is -2.33. The van der Waals surface area contributed by atoms with Gasteiger partial charge in [-0.15, -0.1) is 0 Å². The molecule has 0 amide bonds. The third-order valence-corrected chi connectivity index (χ3v) is 8.29. The van der Waals surface area contributed by atoms with E-state index in [1.807, 2.05) is 6.07 Å². The van der Waals surface area contributed by atoms with Crippen molar-refractivity contribution in [3.05, 3.63) is 94.1 Å². The number of hydrogen-bond acceptors (Lipinski definition) is 4. The lowest BCUT2D eigenvalue weighted by Crippen LogP contribution is -2.44. The highest BCUT2D eigenvalue weighted by Gasteiger charge is 2.25. The summed E-state index contributed by atoms with van der Waals surface area (Å²) >= 11 is 0. The normalized spacial score (nSPS) is 16.9. The summed E-state index contributed by atoms with van der Waals surface area (Å²) in [6.07, 6.45) is 1.02. The average molecular weight is 498 g/mol. The number of nitrogens with zero attached hydrogens (tertiary/aromatic N) is 5. The van der Waals surface area contributed by atoms with Crippen LogP contribution in [0.25, 0.3) is 10.9 Å². The second-order valence-electron chi connectivity index (χ2n) is 10.8. The molecule has 1 fully saturated rings. The number of benzene rings is 2. The molecule has 0 unspecified atom stereocenters. The molecule has 0 bridgehead atoms. The van der Waals surface area contributed by atoms with Crippen LogP contribution >= 0.6 is 0 Å². The Hall–Kier alpha value is -3.22. The van der Waals surface area contributed by atoms with Gasteiger partial charge in [0.1, 0.15) is 5.82 Å². The van der Waals surface area contributed by atoms with Gasteiger partial charge in [-0.25, -0.2) is 9.37 Å². The molecule has 4 aromatic rings. The van der Waals surface area contributed by atoms with Crippen LogP contribution in [0.4, 0.5) is 10.2 Å². The van der Waals surface area contributed by atoms with E-state index in [0.717, 1.165) is 69.3 Å². The Morgan fingerprint density at radius 2 is 1.65 bits per heavy atom. The van der Waals surface area contributed by atoms with Gasteiger partial charge in [0.2, 0.25) is 0 Å². The van der Waals surface area contributed by atoms with E-state index in [9.17, 15) is 4.39 Å². The predicted octanol–water partition coefficient (Wildman–Crippen LogP) is 5.15. The minimum Gasteiger partial charge on any atom is -0.350 e. The number of halogens is 1. The van der Waals surface area contributed by atoms with Crippen molar-refractivity contribution in [1.82, 2.24) is 19.4 Å². The van der Waals surface area contributed by atoms with Crippen molar-refractivity contribution in [2.75, 3.05) is 44.7 Å². The first kappa shape index (κ1) is 24.1. The fourth-order valence-corrected chi connectivity index (χ4v) is 5.92. The first-order valence-corrected chi connectivity index (χ1v) is 13.4. The van der Waals surface area contributed by atoms with E-state index >= 15 is 0 Å². The van der Waals surface area contributed by atoms with Gasteiger partial charge in [0, 0.05) is 63.4 Å². The SMILES string of the molecule is Cc1c(C)n(Cc2cccc(F)c2)c2c(N3CCc4ccccc4C3)nc(CN3CCN(C)CC3)cc12. The maximum Gasteiger partial charge on any atom is 0.153 e. The lowest BCUT2D eigenvalue weighted by atomic mass is 10.00. The molecule has 2 aromatic carbocycles. The summed E-state index contributed by atoms with van der Waals surface area (Å²) in [6, 6.07) is 18.0. The summed E-state index contributed by atoms with van der Waals surface area (Å²) in [5.74, 6) is 0.868. The van der Waals surface area contributed by atoms with Crippen molar-refractivity contribution in [3.63, 3.8) is 0 Å². The molecule has 0 atom stereocenters. The molecule has 6 heteroatoms. The van der Waals surface area contributed by atoms with E-state index in [0.29, 0.717) is 6.54 Å². The van der Waals surface area contributed by atoms with Gasteiger partial charge < -0.3 is 14.4 Å². The quantitative estimate of drug-likeness (QED) is 0.381. The molecule has 0 saturated carbocycles. The second kappa shape index (κ2) is 9.92. The van der Waals surface area contributed by atoms with Crippen molar-refractivity contribution in [2.24, 2.45) is 0 Å². The van der Waals surface area contributed by atoms with Gasteiger partial charge in [-0.2, -0.15) is 0 Å². The monoisotopic (exact) mass is 497 g/mol. The fourth-order valence-electron chi connectivity index (χ4n) is 5.92. The number of anilines is 1. The summed E-state index contributed by atoms with van der Waals surface area (Å²) < 4.78 is 16.4. The van der Waals surface area contributed by atoms with Crippen molar-refractivity contribution >= 4 is 16.7 Å². The highest BCUT2D eigenvalue weighted by Crippen LogP contribution is 2.35. The summed E-state index contributed by atoms with van der Waals surface area (Å²) in [6.45, 7) is 12.0. The molecule has 2 aliphatic heterocycles. The van der Waals surface area contributed by atoms with Crippen LogP contribution < -0.4 is 4.90 Å². The summed E-state index contributed by atoms with van der Waals surface area (Å²) in [4.78, 5) is 12.7. The topological polar surface area (TPSA) is 27.5 Å². The molecule has 1 saturated heterocycles. The molecule has 192 valence electrons. The van der Waals surface area contributed by atoms with Crippen LogP contribution in [0.1, 0.15) is 33.6 Å². The maximum atomic E-state index is 14.1. The largest absolute Gasteiger partial charge is 0.350 e. The van der Waals surface area contributed by atoms with Crippen LogP contribution in [0.3, 0.4) is 0 Å². The highest BCUT2D eigenvalue weighted by atomic mass is 19.1. The third kappa shape index (κ3) is 4.76. The highest BCUT2D eigenvalue weighted by molar-refractivity contribution is 5.94. The molecule has 2 aromatic heterocycles. The van der Waals surface area contributed by atoms with Crippen LogP contribution in [0.2, 0.25) is 0 Å². The molecule has 0 radical (unpaired) electrons. The van der Waals surface area contributed by atoms with E-state index < -0.39 is 0 Å². The van der Waals surface area contributed by atoms with E-state index in [4.69, 9.17) is 4.98 Å². The molecule has 2 aliphatic rings. The molecule has 0 aliphatic carbocycles. The number of aryl methyl sites for hydroxylation is 1. The number of pyridine rings is 1. The van der Waals surface area contributed by atoms with Crippen LogP contribution in [-0.4, -0.2) is 59.1 Å². The molecule has 4 heterocycles. The van der Waals surface area contributed by atoms with Crippen molar-refractivity contribution in [2.45, 2.75) is 39.9 Å². The van der Waals surface area contributed by atoms with Gasteiger partial charge in [0.15, 0.2) is 5.82 Å². The molecule has 0 spiro atoms. The first-order valence-electron chi connectivity index (χ1n) is 13.4.